The summed E-state index contributed by atoms with van der Waals surface area (Å²) in [6.07, 6.45) is 2.62. The molecule has 4 heteroatoms. The van der Waals surface area contributed by atoms with Gasteiger partial charge in [0.2, 0.25) is 0 Å². The van der Waals surface area contributed by atoms with Crippen molar-refractivity contribution in [2.45, 2.75) is 46.1 Å². The van der Waals surface area contributed by atoms with E-state index >= 15 is 0 Å². The summed E-state index contributed by atoms with van der Waals surface area (Å²) in [5, 5.41) is 0. The molecule has 1 aliphatic heterocycles. The predicted octanol–water partition coefficient (Wildman–Crippen LogP) is 4.35. The second-order valence-corrected chi connectivity index (χ2v) is 6.88. The third-order valence-electron chi connectivity index (χ3n) is 5.16. The van der Waals surface area contributed by atoms with Gasteiger partial charge in [0.15, 0.2) is 0 Å². The maximum Gasteiger partial charge on any atom is 0.258 e. The Morgan fingerprint density at radius 2 is 1.73 bits per heavy atom. The van der Waals surface area contributed by atoms with Gasteiger partial charge in [-0.3, -0.25) is 4.79 Å². The number of aryl methyl sites for hydroxylation is 2. The minimum Gasteiger partial charge on any atom is -0.305 e. The third-order valence-corrected chi connectivity index (χ3v) is 5.16. The van der Waals surface area contributed by atoms with Crippen molar-refractivity contribution in [3.05, 3.63) is 65.0 Å². The van der Waals surface area contributed by atoms with Crippen molar-refractivity contribution >= 4 is 22.6 Å². The Morgan fingerprint density at radius 3 is 2.46 bits per heavy atom. The summed E-state index contributed by atoms with van der Waals surface area (Å²) in [5.74, 6) is 0.0313. The van der Waals surface area contributed by atoms with Crippen LogP contribution in [0.2, 0.25) is 0 Å². The number of rotatable bonds is 3. The molecule has 0 bridgehead atoms. The maximum absolute atomic E-state index is 13.2. The lowest BCUT2D eigenvalue weighted by Gasteiger charge is -2.23. The van der Waals surface area contributed by atoms with E-state index in [-0.39, 0.29) is 11.9 Å². The number of aromatic nitrogens is 2. The molecule has 1 atom stereocenters. The molecule has 0 radical (unpaired) electrons. The van der Waals surface area contributed by atoms with Crippen LogP contribution in [0.1, 0.15) is 48.1 Å². The van der Waals surface area contributed by atoms with Crippen molar-refractivity contribution < 1.29 is 4.79 Å². The lowest BCUT2D eigenvalue weighted by atomic mass is 10.1. The molecule has 0 spiro atoms. The van der Waals surface area contributed by atoms with Gasteiger partial charge in [-0.25, -0.2) is 9.97 Å². The van der Waals surface area contributed by atoms with Crippen LogP contribution >= 0.6 is 0 Å². The molecule has 1 aromatic heterocycles. The number of para-hydroxylation sites is 1. The van der Waals surface area contributed by atoms with Crippen molar-refractivity contribution in [1.82, 2.24) is 9.97 Å². The summed E-state index contributed by atoms with van der Waals surface area (Å²) in [6.45, 7) is 6.29. The van der Waals surface area contributed by atoms with Crippen molar-refractivity contribution in [1.29, 1.82) is 0 Å². The van der Waals surface area contributed by atoms with Gasteiger partial charge < -0.3 is 4.90 Å². The standard InChI is InChI=1S/C22H23N3O/c1-4-17-18(5-2)24-20-13-16(10-11-19(20)23-17)22(26)25-14(3)12-15-8-6-7-9-21(15)25/h6-11,13-14H,4-5,12H2,1-3H3. The largest absolute Gasteiger partial charge is 0.305 e. The molecule has 1 aliphatic rings. The first-order valence-corrected chi connectivity index (χ1v) is 9.33. The molecule has 26 heavy (non-hydrogen) atoms. The van der Waals surface area contributed by atoms with E-state index in [2.05, 4.69) is 26.8 Å². The molecule has 2 aromatic carbocycles. The van der Waals surface area contributed by atoms with Gasteiger partial charge in [0.25, 0.3) is 5.91 Å². The first-order valence-electron chi connectivity index (χ1n) is 9.33. The Morgan fingerprint density at radius 1 is 1.04 bits per heavy atom. The highest BCUT2D eigenvalue weighted by atomic mass is 16.2. The first-order chi connectivity index (χ1) is 12.6. The van der Waals surface area contributed by atoms with E-state index in [1.165, 1.54) is 5.56 Å². The zero-order valence-electron chi connectivity index (χ0n) is 15.5. The van der Waals surface area contributed by atoms with E-state index in [9.17, 15) is 4.79 Å². The van der Waals surface area contributed by atoms with Gasteiger partial charge >= 0.3 is 0 Å². The Labute approximate surface area is 153 Å². The average Bonchev–Trinajstić information content (AvgIpc) is 3.01. The Balaban J connectivity index is 1.76. The van der Waals surface area contributed by atoms with Gasteiger partial charge in [-0.2, -0.15) is 0 Å². The molecule has 132 valence electrons. The second-order valence-electron chi connectivity index (χ2n) is 6.88. The van der Waals surface area contributed by atoms with Crippen LogP contribution in [0.15, 0.2) is 42.5 Å². The molecule has 0 saturated heterocycles. The molecule has 4 nitrogen and oxygen atoms in total. The lowest BCUT2D eigenvalue weighted by Crippen LogP contribution is -2.35. The van der Waals surface area contributed by atoms with Crippen LogP contribution < -0.4 is 4.90 Å². The van der Waals surface area contributed by atoms with Crippen LogP contribution in [0.4, 0.5) is 5.69 Å². The molecule has 2 heterocycles. The summed E-state index contributed by atoms with van der Waals surface area (Å²) < 4.78 is 0. The molecular formula is C22H23N3O. The minimum absolute atomic E-state index is 0.0313. The Hall–Kier alpha value is -2.75. The zero-order chi connectivity index (χ0) is 18.3. The van der Waals surface area contributed by atoms with E-state index in [1.54, 1.807) is 0 Å². The van der Waals surface area contributed by atoms with Crippen molar-refractivity contribution in [2.75, 3.05) is 4.90 Å². The zero-order valence-corrected chi connectivity index (χ0v) is 15.5. The number of anilines is 1. The number of fused-ring (bicyclic) bond motifs is 2. The van der Waals surface area contributed by atoms with Crippen molar-refractivity contribution in [3.8, 4) is 0 Å². The predicted molar refractivity (Wildman–Crippen MR) is 105 cm³/mol. The minimum atomic E-state index is 0.0313. The van der Waals surface area contributed by atoms with Crippen LogP contribution in [-0.4, -0.2) is 21.9 Å². The molecule has 1 unspecified atom stereocenters. The molecule has 0 fully saturated rings. The van der Waals surface area contributed by atoms with Crippen molar-refractivity contribution in [2.24, 2.45) is 0 Å². The summed E-state index contributed by atoms with van der Waals surface area (Å²) in [7, 11) is 0. The lowest BCUT2D eigenvalue weighted by molar-refractivity contribution is 0.0981. The summed E-state index contributed by atoms with van der Waals surface area (Å²) in [4.78, 5) is 24.6. The quantitative estimate of drug-likeness (QED) is 0.709. The molecule has 0 N–H and O–H groups in total. The van der Waals surface area contributed by atoms with Gasteiger partial charge in [-0.1, -0.05) is 32.0 Å². The average molecular weight is 345 g/mol. The molecule has 4 rings (SSSR count). The highest BCUT2D eigenvalue weighted by Gasteiger charge is 2.31. The second kappa shape index (κ2) is 6.52. The van der Waals surface area contributed by atoms with Gasteiger partial charge in [0, 0.05) is 17.3 Å². The van der Waals surface area contributed by atoms with Crippen molar-refractivity contribution in [3.63, 3.8) is 0 Å². The monoisotopic (exact) mass is 345 g/mol. The van der Waals surface area contributed by atoms with E-state index in [1.807, 2.05) is 41.3 Å². The number of hydrogen-bond acceptors (Lipinski definition) is 3. The van der Waals surface area contributed by atoms with Gasteiger partial charge in [0.1, 0.15) is 0 Å². The number of amides is 1. The van der Waals surface area contributed by atoms with Crippen LogP contribution in [0, 0.1) is 0 Å². The Kier molecular flexibility index (Phi) is 4.19. The Bertz CT molecular complexity index is 996. The van der Waals surface area contributed by atoms with Gasteiger partial charge in [-0.05, 0) is 56.0 Å². The van der Waals surface area contributed by atoms with E-state index in [4.69, 9.17) is 9.97 Å². The van der Waals surface area contributed by atoms with Gasteiger partial charge in [0.05, 0.1) is 22.4 Å². The highest BCUT2D eigenvalue weighted by Crippen LogP contribution is 2.33. The summed E-state index contributed by atoms with van der Waals surface area (Å²) in [5.41, 5.74) is 6.63. The van der Waals surface area contributed by atoms with E-state index < -0.39 is 0 Å². The molecule has 1 amide bonds. The topological polar surface area (TPSA) is 46.1 Å². The van der Waals surface area contributed by atoms with E-state index in [0.717, 1.165) is 47.4 Å². The fourth-order valence-electron chi connectivity index (χ4n) is 3.84. The normalized spacial score (nSPS) is 16.1. The number of benzene rings is 2. The number of carbonyl (C=O) groups is 1. The molecular weight excluding hydrogens is 322 g/mol. The SMILES string of the molecule is CCc1nc2ccc(C(=O)N3c4ccccc4CC3C)cc2nc1CC. The maximum atomic E-state index is 13.2. The molecule has 0 aliphatic carbocycles. The van der Waals surface area contributed by atoms with Gasteiger partial charge in [-0.15, -0.1) is 0 Å². The number of carbonyl (C=O) groups excluding carboxylic acids is 1. The fraction of sp³-hybridized carbons (Fsp3) is 0.318. The third kappa shape index (κ3) is 2.66. The molecule has 3 aromatic rings. The fourth-order valence-corrected chi connectivity index (χ4v) is 3.84. The smallest absolute Gasteiger partial charge is 0.258 e. The summed E-state index contributed by atoms with van der Waals surface area (Å²) in [6, 6.07) is 14.0. The number of nitrogens with zero attached hydrogens (tertiary/aromatic N) is 3. The molecule has 0 saturated carbocycles. The van der Waals surface area contributed by atoms with Crippen LogP contribution in [-0.2, 0) is 19.3 Å². The summed E-state index contributed by atoms with van der Waals surface area (Å²) >= 11 is 0. The van der Waals surface area contributed by atoms with Crippen LogP contribution in [0.25, 0.3) is 11.0 Å². The van der Waals surface area contributed by atoms with E-state index in [0.29, 0.717) is 5.56 Å². The highest BCUT2D eigenvalue weighted by molar-refractivity contribution is 6.09. The first kappa shape index (κ1) is 16.7. The number of hydrogen-bond donors (Lipinski definition) is 0. The van der Waals surface area contributed by atoms with Crippen LogP contribution in [0.3, 0.4) is 0 Å². The van der Waals surface area contributed by atoms with Crippen LogP contribution in [0.5, 0.6) is 0 Å².